The molecule has 3 aliphatic rings. The van der Waals surface area contributed by atoms with Crippen molar-refractivity contribution >= 4 is 12.2 Å². The van der Waals surface area contributed by atoms with Gasteiger partial charge in [0.05, 0.1) is 0 Å². The minimum Gasteiger partial charge on any atom is -0.444 e. The van der Waals surface area contributed by atoms with E-state index in [9.17, 15) is 9.59 Å². The van der Waals surface area contributed by atoms with Crippen LogP contribution in [0.3, 0.4) is 0 Å². The smallest absolute Gasteiger partial charge is 0.411 e. The van der Waals surface area contributed by atoms with E-state index in [1.54, 1.807) is 20.8 Å². The molecular weight excluding hydrogens is 298 g/mol. The molecule has 2 atom stereocenters. The lowest BCUT2D eigenvalue weighted by molar-refractivity contribution is 0.0531. The van der Waals surface area contributed by atoms with E-state index in [0.717, 1.165) is 18.5 Å². The van der Waals surface area contributed by atoms with Crippen molar-refractivity contribution < 1.29 is 19.1 Å². The van der Waals surface area contributed by atoms with Crippen LogP contribution in [-0.4, -0.2) is 35.5 Å². The molecule has 7 nitrogen and oxygen atoms in total. The Morgan fingerprint density at radius 3 is 2.00 bits per heavy atom. The van der Waals surface area contributed by atoms with Gasteiger partial charge in [-0.2, -0.15) is 0 Å². The van der Waals surface area contributed by atoms with E-state index in [0.29, 0.717) is 12.1 Å². The molecule has 2 heterocycles. The average Bonchev–Trinajstić information content (AvgIpc) is 2.21. The number of rotatable bonds is 1. The number of hydrogen-bond donors (Lipinski definition) is 3. The average molecular weight is 327 g/mol. The fraction of sp³-hybridized carbons (Fsp3) is 0.750. The molecule has 2 aliphatic heterocycles. The summed E-state index contributed by atoms with van der Waals surface area (Å²) in [6.07, 6.45) is 3.13. The number of nitrogens with two attached hydrogens (primary N) is 1. The van der Waals surface area contributed by atoms with Crippen LogP contribution in [-0.2, 0) is 9.47 Å². The molecule has 1 saturated heterocycles. The summed E-state index contributed by atoms with van der Waals surface area (Å²) in [7, 11) is 0. The molecule has 4 N–H and O–H groups in total. The maximum atomic E-state index is 11.5. The van der Waals surface area contributed by atoms with Gasteiger partial charge < -0.3 is 20.5 Å². The fourth-order valence-electron chi connectivity index (χ4n) is 2.20. The van der Waals surface area contributed by atoms with Crippen molar-refractivity contribution in [2.75, 3.05) is 0 Å². The summed E-state index contributed by atoms with van der Waals surface area (Å²) < 4.78 is 9.76. The van der Waals surface area contributed by atoms with Gasteiger partial charge in [-0.3, -0.25) is 5.32 Å². The highest BCUT2D eigenvalue weighted by atomic mass is 16.6. The lowest BCUT2D eigenvalue weighted by Gasteiger charge is -2.42. The number of alkyl carbamates (subject to hydrolysis) is 1. The quantitative estimate of drug-likeness (QED) is 0.686. The standard InChI is InChI=1S/C11H18N2O2.C5H11NO2/c1-11(2,3)15-10(14)13-8-5-4-7-6-9(8)12-7;1-5(2,3)8-4(6)7/h5,7,9,12H,4,6H2,1-3H3,(H,13,14);1-3H3,(H2,6,7). The first-order valence-corrected chi connectivity index (χ1v) is 7.80. The molecule has 0 radical (unpaired) electrons. The summed E-state index contributed by atoms with van der Waals surface area (Å²) >= 11 is 0. The van der Waals surface area contributed by atoms with Gasteiger partial charge in [0.25, 0.3) is 0 Å². The van der Waals surface area contributed by atoms with Gasteiger partial charge in [-0.15, -0.1) is 0 Å². The highest BCUT2D eigenvalue weighted by Crippen LogP contribution is 2.26. The largest absolute Gasteiger partial charge is 0.444 e. The first-order valence-electron chi connectivity index (χ1n) is 7.80. The number of fused-ring (bicyclic) bond motifs is 1. The Labute approximate surface area is 138 Å². The van der Waals surface area contributed by atoms with Crippen molar-refractivity contribution in [1.29, 1.82) is 0 Å². The normalized spacial score (nSPS) is 22.6. The molecule has 7 heteroatoms. The van der Waals surface area contributed by atoms with Gasteiger partial charge in [-0.25, -0.2) is 9.59 Å². The van der Waals surface area contributed by atoms with Crippen LogP contribution in [0.5, 0.6) is 0 Å². The van der Waals surface area contributed by atoms with Gasteiger partial charge in [-0.05, 0) is 54.4 Å². The van der Waals surface area contributed by atoms with Crippen molar-refractivity contribution in [2.45, 2.75) is 77.7 Å². The Balaban J connectivity index is 0.000000284. The minimum absolute atomic E-state index is 0.330. The molecule has 0 spiro atoms. The van der Waals surface area contributed by atoms with E-state index >= 15 is 0 Å². The maximum Gasteiger partial charge on any atom is 0.411 e. The van der Waals surface area contributed by atoms with Crippen LogP contribution in [0.15, 0.2) is 11.8 Å². The first kappa shape index (κ1) is 19.3. The monoisotopic (exact) mass is 327 g/mol. The summed E-state index contributed by atoms with van der Waals surface area (Å²) in [5.41, 5.74) is 4.79. The second kappa shape index (κ2) is 7.21. The molecular formula is C16H29N3O4. The Morgan fingerprint density at radius 1 is 1.17 bits per heavy atom. The Kier molecular flexibility index (Phi) is 6.04. The molecule has 1 fully saturated rings. The lowest BCUT2D eigenvalue weighted by atomic mass is 9.86. The van der Waals surface area contributed by atoms with Crippen molar-refractivity contribution in [3.05, 3.63) is 11.8 Å². The van der Waals surface area contributed by atoms with E-state index in [2.05, 4.69) is 21.4 Å². The molecule has 0 aromatic rings. The van der Waals surface area contributed by atoms with Gasteiger partial charge >= 0.3 is 12.2 Å². The van der Waals surface area contributed by atoms with E-state index in [1.807, 2.05) is 20.8 Å². The van der Waals surface area contributed by atoms with Crippen LogP contribution in [0.2, 0.25) is 0 Å². The molecule has 1 aliphatic carbocycles. The number of primary amides is 1. The second-order valence-corrected chi connectivity index (χ2v) is 7.71. The van der Waals surface area contributed by atoms with Gasteiger partial charge in [0.1, 0.15) is 11.2 Å². The highest BCUT2D eigenvalue weighted by Gasteiger charge is 2.35. The second-order valence-electron chi connectivity index (χ2n) is 7.71. The Morgan fingerprint density at radius 2 is 1.70 bits per heavy atom. The van der Waals surface area contributed by atoms with Crippen LogP contribution < -0.4 is 16.4 Å². The van der Waals surface area contributed by atoms with Crippen molar-refractivity contribution in [3.8, 4) is 0 Å². The molecule has 3 rings (SSSR count). The molecule has 23 heavy (non-hydrogen) atoms. The van der Waals surface area contributed by atoms with Crippen LogP contribution >= 0.6 is 0 Å². The van der Waals surface area contributed by atoms with Crippen molar-refractivity contribution in [3.63, 3.8) is 0 Å². The number of amides is 2. The fourth-order valence-corrected chi connectivity index (χ4v) is 2.20. The summed E-state index contributed by atoms with van der Waals surface area (Å²) in [6.45, 7) is 10.9. The van der Waals surface area contributed by atoms with Crippen LogP contribution in [0.4, 0.5) is 9.59 Å². The number of carbonyl (C=O) groups is 2. The third-order valence-corrected chi connectivity index (χ3v) is 3.01. The number of carbonyl (C=O) groups excluding carboxylic acids is 2. The minimum atomic E-state index is -0.725. The van der Waals surface area contributed by atoms with Crippen LogP contribution in [0, 0.1) is 0 Å². The SMILES string of the molecule is CC(C)(C)OC(=O)NC1=CCC2CC1N2.CC(C)(C)OC(N)=O. The predicted octanol–water partition coefficient (Wildman–Crippen LogP) is 2.41. The number of ether oxygens (including phenoxy) is 2. The van der Waals surface area contributed by atoms with Gasteiger partial charge in [0.2, 0.25) is 0 Å². The zero-order valence-corrected chi connectivity index (χ0v) is 14.9. The number of nitrogens with one attached hydrogen (secondary N) is 2. The summed E-state index contributed by atoms with van der Waals surface area (Å²) in [5.74, 6) is 0. The summed E-state index contributed by atoms with van der Waals surface area (Å²) in [5, 5.41) is 6.16. The molecule has 2 amide bonds. The maximum absolute atomic E-state index is 11.5. The third kappa shape index (κ3) is 7.88. The van der Waals surface area contributed by atoms with Crippen molar-refractivity contribution in [2.24, 2.45) is 5.73 Å². The van der Waals surface area contributed by atoms with Gasteiger partial charge in [0, 0.05) is 17.8 Å². The van der Waals surface area contributed by atoms with E-state index in [-0.39, 0.29) is 6.09 Å². The van der Waals surface area contributed by atoms with E-state index < -0.39 is 17.3 Å². The van der Waals surface area contributed by atoms with Gasteiger partial charge in [-0.1, -0.05) is 6.08 Å². The Hall–Kier alpha value is -1.76. The topological polar surface area (TPSA) is 103 Å². The first-order chi connectivity index (χ1) is 10.4. The molecule has 0 saturated carbocycles. The predicted molar refractivity (Wildman–Crippen MR) is 87.8 cm³/mol. The summed E-state index contributed by atoms with van der Waals surface area (Å²) in [6, 6.07) is 0.954. The van der Waals surface area contributed by atoms with Gasteiger partial charge in [0.15, 0.2) is 0 Å². The van der Waals surface area contributed by atoms with Crippen molar-refractivity contribution in [1.82, 2.24) is 10.6 Å². The van der Waals surface area contributed by atoms with Crippen LogP contribution in [0.1, 0.15) is 54.4 Å². The molecule has 0 aromatic heterocycles. The van der Waals surface area contributed by atoms with Crippen LogP contribution in [0.25, 0.3) is 0 Å². The molecule has 132 valence electrons. The molecule has 2 unspecified atom stereocenters. The number of hydrogen-bond acceptors (Lipinski definition) is 5. The highest BCUT2D eigenvalue weighted by molar-refractivity contribution is 5.70. The van der Waals surface area contributed by atoms with E-state index in [4.69, 9.17) is 10.5 Å². The zero-order valence-electron chi connectivity index (χ0n) is 14.9. The molecule has 0 aromatic carbocycles. The zero-order chi connectivity index (χ0) is 17.8. The third-order valence-electron chi connectivity index (χ3n) is 3.01. The van der Waals surface area contributed by atoms with E-state index in [1.165, 1.54) is 0 Å². The Bertz CT molecular complexity index is 469. The molecule has 2 bridgehead atoms. The summed E-state index contributed by atoms with van der Waals surface area (Å²) in [4.78, 5) is 21.5. The lowest BCUT2D eigenvalue weighted by Crippen LogP contribution is -2.58.